The summed E-state index contributed by atoms with van der Waals surface area (Å²) < 4.78 is 0. The zero-order valence-corrected chi connectivity index (χ0v) is 10.4. The van der Waals surface area contributed by atoms with E-state index in [2.05, 4.69) is 10.4 Å². The first-order valence-corrected chi connectivity index (χ1v) is 6.57. The number of aromatic nitrogens is 1. The maximum absolute atomic E-state index is 9.20. The van der Waals surface area contributed by atoms with Gasteiger partial charge in [-0.3, -0.25) is 0 Å². The highest BCUT2D eigenvalue weighted by atomic mass is 32.1. The van der Waals surface area contributed by atoms with E-state index in [-0.39, 0.29) is 0 Å². The molecule has 0 aliphatic carbocycles. The van der Waals surface area contributed by atoms with E-state index in [4.69, 9.17) is 5.73 Å². The Morgan fingerprint density at radius 1 is 1.24 bits per heavy atom. The van der Waals surface area contributed by atoms with Gasteiger partial charge in [-0.2, -0.15) is 0 Å². The SMILES string of the molecule is NCCCc1csc(Cc2ccc(O)cc2)n1. The van der Waals surface area contributed by atoms with E-state index >= 15 is 0 Å². The summed E-state index contributed by atoms with van der Waals surface area (Å²) in [4.78, 5) is 4.57. The lowest BCUT2D eigenvalue weighted by Crippen LogP contribution is -2.00. The maximum Gasteiger partial charge on any atom is 0.115 e. The predicted octanol–water partition coefficient (Wildman–Crippen LogP) is 2.33. The van der Waals surface area contributed by atoms with E-state index in [9.17, 15) is 5.11 Å². The molecule has 1 heterocycles. The Morgan fingerprint density at radius 3 is 2.71 bits per heavy atom. The minimum atomic E-state index is 0.302. The fourth-order valence-electron chi connectivity index (χ4n) is 1.62. The maximum atomic E-state index is 9.20. The van der Waals surface area contributed by atoms with Crippen LogP contribution in [-0.4, -0.2) is 16.6 Å². The molecule has 4 heteroatoms. The van der Waals surface area contributed by atoms with E-state index in [0.717, 1.165) is 30.0 Å². The summed E-state index contributed by atoms with van der Waals surface area (Å²) in [5.41, 5.74) is 7.78. The quantitative estimate of drug-likeness (QED) is 0.853. The van der Waals surface area contributed by atoms with Crippen molar-refractivity contribution in [2.45, 2.75) is 19.3 Å². The number of phenols is 1. The number of aryl methyl sites for hydroxylation is 1. The number of nitrogens with two attached hydrogens (primary N) is 1. The summed E-state index contributed by atoms with van der Waals surface area (Å²) in [5, 5.41) is 12.4. The molecule has 17 heavy (non-hydrogen) atoms. The van der Waals surface area contributed by atoms with Gasteiger partial charge in [0.1, 0.15) is 5.75 Å². The normalized spacial score (nSPS) is 10.6. The van der Waals surface area contributed by atoms with Gasteiger partial charge in [-0.15, -0.1) is 11.3 Å². The fraction of sp³-hybridized carbons (Fsp3) is 0.308. The third-order valence-corrected chi connectivity index (χ3v) is 3.43. The Labute approximate surface area is 105 Å². The molecule has 3 N–H and O–H groups in total. The number of nitrogens with zero attached hydrogens (tertiary/aromatic N) is 1. The molecule has 1 aromatic heterocycles. The van der Waals surface area contributed by atoms with Gasteiger partial charge in [0.05, 0.1) is 10.7 Å². The average Bonchev–Trinajstić information content (AvgIpc) is 2.77. The molecule has 2 aromatic rings. The summed E-state index contributed by atoms with van der Waals surface area (Å²) in [6.45, 7) is 0.713. The molecule has 3 nitrogen and oxygen atoms in total. The van der Waals surface area contributed by atoms with Crippen molar-refractivity contribution in [2.75, 3.05) is 6.54 Å². The van der Waals surface area contributed by atoms with Gasteiger partial charge in [-0.05, 0) is 37.1 Å². The molecule has 90 valence electrons. The molecular weight excluding hydrogens is 232 g/mol. The molecule has 0 radical (unpaired) electrons. The van der Waals surface area contributed by atoms with E-state index < -0.39 is 0 Å². The molecule has 0 saturated heterocycles. The number of phenolic OH excluding ortho intramolecular Hbond substituents is 1. The molecule has 0 unspecified atom stereocenters. The molecule has 0 aliphatic rings. The summed E-state index contributed by atoms with van der Waals surface area (Å²) >= 11 is 1.68. The van der Waals surface area contributed by atoms with Crippen LogP contribution >= 0.6 is 11.3 Å². The average molecular weight is 248 g/mol. The molecule has 0 atom stereocenters. The second kappa shape index (κ2) is 5.80. The number of rotatable bonds is 5. The molecule has 0 fully saturated rings. The van der Waals surface area contributed by atoms with Crippen molar-refractivity contribution in [3.63, 3.8) is 0 Å². The van der Waals surface area contributed by atoms with Gasteiger partial charge in [-0.1, -0.05) is 12.1 Å². The highest BCUT2D eigenvalue weighted by Crippen LogP contribution is 2.17. The van der Waals surface area contributed by atoms with Gasteiger partial charge in [0.15, 0.2) is 0 Å². The molecular formula is C13H16N2OS. The van der Waals surface area contributed by atoms with Crippen molar-refractivity contribution in [2.24, 2.45) is 5.73 Å². The summed E-state index contributed by atoms with van der Waals surface area (Å²) in [6.07, 6.45) is 2.78. The van der Waals surface area contributed by atoms with Gasteiger partial charge >= 0.3 is 0 Å². The number of hydrogen-bond acceptors (Lipinski definition) is 4. The van der Waals surface area contributed by atoms with Crippen LogP contribution in [0.5, 0.6) is 5.75 Å². The largest absolute Gasteiger partial charge is 0.508 e. The van der Waals surface area contributed by atoms with Crippen LogP contribution in [0.4, 0.5) is 0 Å². The van der Waals surface area contributed by atoms with Gasteiger partial charge < -0.3 is 10.8 Å². The Morgan fingerprint density at radius 2 is 2.00 bits per heavy atom. The second-order valence-electron chi connectivity index (χ2n) is 3.97. The van der Waals surface area contributed by atoms with E-state index in [1.165, 1.54) is 5.56 Å². The predicted molar refractivity (Wildman–Crippen MR) is 70.4 cm³/mol. The third-order valence-electron chi connectivity index (χ3n) is 2.53. The molecule has 2 rings (SSSR count). The first-order valence-electron chi connectivity index (χ1n) is 5.69. The highest BCUT2D eigenvalue weighted by Gasteiger charge is 2.03. The number of hydrogen-bond donors (Lipinski definition) is 2. The number of benzene rings is 1. The lowest BCUT2D eigenvalue weighted by atomic mass is 10.1. The Bertz CT molecular complexity index is 465. The Kier molecular flexibility index (Phi) is 4.12. The van der Waals surface area contributed by atoms with Crippen molar-refractivity contribution in [3.05, 3.63) is 45.9 Å². The van der Waals surface area contributed by atoms with Gasteiger partial charge in [0.2, 0.25) is 0 Å². The zero-order chi connectivity index (χ0) is 12.1. The molecule has 0 aliphatic heterocycles. The van der Waals surface area contributed by atoms with Crippen molar-refractivity contribution < 1.29 is 5.11 Å². The molecule has 0 spiro atoms. The monoisotopic (exact) mass is 248 g/mol. The van der Waals surface area contributed by atoms with E-state index in [1.54, 1.807) is 23.5 Å². The lowest BCUT2D eigenvalue weighted by molar-refractivity contribution is 0.475. The summed E-state index contributed by atoms with van der Waals surface area (Å²) in [5.74, 6) is 0.302. The second-order valence-corrected chi connectivity index (χ2v) is 4.91. The topological polar surface area (TPSA) is 59.1 Å². The third kappa shape index (κ3) is 3.54. The molecule has 0 bridgehead atoms. The lowest BCUT2D eigenvalue weighted by Gasteiger charge is -1.98. The molecule has 0 saturated carbocycles. The fourth-order valence-corrected chi connectivity index (χ4v) is 2.48. The van der Waals surface area contributed by atoms with Crippen LogP contribution in [0.3, 0.4) is 0 Å². The standard InChI is InChI=1S/C13H16N2OS/c14-7-1-2-11-9-17-13(15-11)8-10-3-5-12(16)6-4-10/h3-6,9,16H,1-2,7-8,14H2. The molecule has 0 amide bonds. The minimum Gasteiger partial charge on any atom is -0.508 e. The van der Waals surface area contributed by atoms with Gasteiger partial charge in [-0.25, -0.2) is 4.98 Å². The van der Waals surface area contributed by atoms with Crippen LogP contribution in [0.1, 0.15) is 22.7 Å². The zero-order valence-electron chi connectivity index (χ0n) is 9.60. The summed E-state index contributed by atoms with van der Waals surface area (Å²) in [7, 11) is 0. The Hall–Kier alpha value is -1.39. The van der Waals surface area contributed by atoms with Gasteiger partial charge in [0, 0.05) is 11.8 Å². The highest BCUT2D eigenvalue weighted by molar-refractivity contribution is 7.09. The van der Waals surface area contributed by atoms with Crippen LogP contribution in [-0.2, 0) is 12.8 Å². The van der Waals surface area contributed by atoms with Gasteiger partial charge in [0.25, 0.3) is 0 Å². The van der Waals surface area contributed by atoms with Crippen molar-refractivity contribution in [1.82, 2.24) is 4.98 Å². The van der Waals surface area contributed by atoms with E-state index in [1.807, 2.05) is 12.1 Å². The van der Waals surface area contributed by atoms with Crippen LogP contribution in [0.25, 0.3) is 0 Å². The minimum absolute atomic E-state index is 0.302. The van der Waals surface area contributed by atoms with Crippen molar-refractivity contribution >= 4 is 11.3 Å². The number of aromatic hydroxyl groups is 1. The molecule has 1 aromatic carbocycles. The van der Waals surface area contributed by atoms with E-state index in [0.29, 0.717) is 12.3 Å². The van der Waals surface area contributed by atoms with Crippen LogP contribution in [0.2, 0.25) is 0 Å². The van der Waals surface area contributed by atoms with Crippen LogP contribution < -0.4 is 5.73 Å². The Balaban J connectivity index is 1.98. The first kappa shape index (κ1) is 12.1. The first-order chi connectivity index (χ1) is 8.28. The smallest absolute Gasteiger partial charge is 0.115 e. The van der Waals surface area contributed by atoms with Crippen molar-refractivity contribution in [3.8, 4) is 5.75 Å². The number of thiazole rings is 1. The van der Waals surface area contributed by atoms with Crippen molar-refractivity contribution in [1.29, 1.82) is 0 Å². The van der Waals surface area contributed by atoms with Crippen LogP contribution in [0.15, 0.2) is 29.6 Å². The summed E-state index contributed by atoms with van der Waals surface area (Å²) in [6, 6.07) is 7.27. The van der Waals surface area contributed by atoms with Crippen LogP contribution in [0, 0.1) is 0 Å².